The van der Waals surface area contributed by atoms with Gasteiger partial charge in [-0.15, -0.1) is 0 Å². The van der Waals surface area contributed by atoms with Gasteiger partial charge in [0, 0.05) is 18.2 Å². The van der Waals surface area contributed by atoms with Gasteiger partial charge in [0.05, 0.1) is 12.1 Å². The van der Waals surface area contributed by atoms with Crippen LogP contribution in [0.15, 0.2) is 24.3 Å². The first-order valence-electron chi connectivity index (χ1n) is 5.81. The van der Waals surface area contributed by atoms with Crippen molar-refractivity contribution in [2.24, 2.45) is 5.73 Å². The summed E-state index contributed by atoms with van der Waals surface area (Å²) >= 11 is 0. The van der Waals surface area contributed by atoms with Crippen LogP contribution in [-0.2, 0) is 0 Å². The van der Waals surface area contributed by atoms with Crippen LogP contribution in [0.2, 0.25) is 0 Å². The lowest BCUT2D eigenvalue weighted by Gasteiger charge is -2.32. The lowest BCUT2D eigenvalue weighted by Crippen LogP contribution is -2.40. The van der Waals surface area contributed by atoms with Gasteiger partial charge in [-0.2, -0.15) is 0 Å². The monoisotopic (exact) mass is 240 g/mol. The quantitative estimate of drug-likeness (QED) is 0.820. The highest BCUT2D eigenvalue weighted by molar-refractivity contribution is 5.22. The smallest absolute Gasteiger partial charge is 0.128 e. The van der Waals surface area contributed by atoms with E-state index in [9.17, 15) is 9.50 Å². The SMILES string of the molecule is CC(O)CN(C)C(c1ccccc1F)C(C)N. The van der Waals surface area contributed by atoms with Crippen molar-refractivity contribution >= 4 is 0 Å². The van der Waals surface area contributed by atoms with Crippen LogP contribution in [0.4, 0.5) is 4.39 Å². The zero-order valence-electron chi connectivity index (χ0n) is 10.6. The first kappa shape index (κ1) is 14.1. The molecule has 3 N–H and O–H groups in total. The maximum atomic E-state index is 13.8. The predicted molar refractivity (Wildman–Crippen MR) is 67.1 cm³/mol. The Bertz CT molecular complexity index is 355. The minimum absolute atomic E-state index is 0.212. The van der Waals surface area contributed by atoms with E-state index in [1.807, 2.05) is 18.9 Å². The molecule has 3 atom stereocenters. The number of hydrogen-bond donors (Lipinski definition) is 2. The maximum absolute atomic E-state index is 13.8. The summed E-state index contributed by atoms with van der Waals surface area (Å²) in [7, 11) is 1.84. The molecule has 1 aromatic rings. The molecule has 0 saturated carbocycles. The molecule has 0 fully saturated rings. The van der Waals surface area contributed by atoms with Gasteiger partial charge in [-0.3, -0.25) is 4.90 Å². The van der Waals surface area contributed by atoms with Crippen molar-refractivity contribution < 1.29 is 9.50 Å². The van der Waals surface area contributed by atoms with Crippen molar-refractivity contribution in [3.63, 3.8) is 0 Å². The zero-order valence-corrected chi connectivity index (χ0v) is 10.6. The summed E-state index contributed by atoms with van der Waals surface area (Å²) in [6.45, 7) is 4.01. The van der Waals surface area contributed by atoms with Gasteiger partial charge in [0.1, 0.15) is 5.82 Å². The van der Waals surface area contributed by atoms with Crippen molar-refractivity contribution in [3.8, 4) is 0 Å². The summed E-state index contributed by atoms with van der Waals surface area (Å²) in [6, 6.07) is 6.18. The second kappa shape index (κ2) is 6.10. The predicted octanol–water partition coefficient (Wildman–Crippen LogP) is 1.53. The Balaban J connectivity index is 2.97. The van der Waals surface area contributed by atoms with E-state index in [2.05, 4.69) is 0 Å². The zero-order chi connectivity index (χ0) is 13.0. The van der Waals surface area contributed by atoms with Crippen LogP contribution in [0.5, 0.6) is 0 Å². The number of nitrogens with zero attached hydrogens (tertiary/aromatic N) is 1. The number of aliphatic hydroxyl groups excluding tert-OH is 1. The Kier molecular flexibility index (Phi) is 5.05. The van der Waals surface area contributed by atoms with Crippen LogP contribution < -0.4 is 5.73 Å². The third-order valence-corrected chi connectivity index (χ3v) is 2.75. The molecule has 0 amide bonds. The Hall–Kier alpha value is -0.970. The molecule has 17 heavy (non-hydrogen) atoms. The standard InChI is InChI=1S/C13H21FN2O/c1-9(17)8-16(3)13(10(2)15)11-6-4-5-7-12(11)14/h4-7,9-10,13,17H,8,15H2,1-3H3. The molecular formula is C13H21FN2O. The van der Waals surface area contributed by atoms with E-state index < -0.39 is 6.10 Å². The molecule has 3 unspecified atom stereocenters. The first-order chi connectivity index (χ1) is 7.93. The molecule has 0 radical (unpaired) electrons. The van der Waals surface area contributed by atoms with E-state index in [4.69, 9.17) is 5.73 Å². The van der Waals surface area contributed by atoms with Gasteiger partial charge in [-0.05, 0) is 27.0 Å². The van der Waals surface area contributed by atoms with E-state index in [-0.39, 0.29) is 17.9 Å². The molecule has 0 aliphatic heterocycles. The maximum Gasteiger partial charge on any atom is 0.128 e. The molecule has 0 saturated heterocycles. The average molecular weight is 240 g/mol. The molecule has 3 nitrogen and oxygen atoms in total. The van der Waals surface area contributed by atoms with Gasteiger partial charge in [0.15, 0.2) is 0 Å². The van der Waals surface area contributed by atoms with Crippen LogP contribution in [0, 0.1) is 5.82 Å². The van der Waals surface area contributed by atoms with Crippen LogP contribution >= 0.6 is 0 Å². The fourth-order valence-electron chi connectivity index (χ4n) is 2.17. The van der Waals surface area contributed by atoms with Gasteiger partial charge in [0.25, 0.3) is 0 Å². The molecule has 0 bridgehead atoms. The average Bonchev–Trinajstić information content (AvgIpc) is 2.19. The summed E-state index contributed by atoms with van der Waals surface area (Å²) in [5, 5.41) is 9.39. The summed E-state index contributed by atoms with van der Waals surface area (Å²) in [4.78, 5) is 1.88. The fourth-order valence-corrected chi connectivity index (χ4v) is 2.17. The minimum atomic E-state index is -0.465. The number of halogens is 1. The highest BCUT2D eigenvalue weighted by Gasteiger charge is 2.24. The van der Waals surface area contributed by atoms with Crippen LogP contribution in [0.3, 0.4) is 0 Å². The summed E-state index contributed by atoms with van der Waals surface area (Å²) in [5.41, 5.74) is 6.50. The van der Waals surface area contributed by atoms with Crippen molar-refractivity contribution in [1.29, 1.82) is 0 Å². The van der Waals surface area contributed by atoms with Gasteiger partial charge >= 0.3 is 0 Å². The largest absolute Gasteiger partial charge is 0.392 e. The fraction of sp³-hybridized carbons (Fsp3) is 0.538. The normalized spacial score (nSPS) is 16.9. The molecule has 4 heteroatoms. The van der Waals surface area contributed by atoms with Crippen LogP contribution in [0.25, 0.3) is 0 Å². The summed E-state index contributed by atoms with van der Waals surface area (Å²) < 4.78 is 13.8. The lowest BCUT2D eigenvalue weighted by atomic mass is 9.99. The van der Waals surface area contributed by atoms with Crippen molar-refractivity contribution in [3.05, 3.63) is 35.6 Å². The van der Waals surface area contributed by atoms with Gasteiger partial charge in [-0.25, -0.2) is 4.39 Å². The summed E-state index contributed by atoms with van der Waals surface area (Å²) in [6.07, 6.45) is -0.465. The molecular weight excluding hydrogens is 219 g/mol. The minimum Gasteiger partial charge on any atom is -0.392 e. The highest BCUT2D eigenvalue weighted by Crippen LogP contribution is 2.24. The van der Waals surface area contributed by atoms with Gasteiger partial charge in [-0.1, -0.05) is 18.2 Å². The molecule has 0 spiro atoms. The molecule has 1 aromatic carbocycles. The Morgan fingerprint density at radius 2 is 1.94 bits per heavy atom. The van der Waals surface area contributed by atoms with Crippen LogP contribution in [0.1, 0.15) is 25.5 Å². The van der Waals surface area contributed by atoms with E-state index in [0.717, 1.165) is 0 Å². The van der Waals surface area contributed by atoms with E-state index in [1.165, 1.54) is 6.07 Å². The van der Waals surface area contributed by atoms with E-state index >= 15 is 0 Å². The van der Waals surface area contributed by atoms with E-state index in [0.29, 0.717) is 12.1 Å². The molecule has 0 heterocycles. The number of rotatable bonds is 5. The van der Waals surface area contributed by atoms with E-state index in [1.54, 1.807) is 25.1 Å². The topological polar surface area (TPSA) is 49.5 Å². The van der Waals surface area contributed by atoms with Crippen molar-refractivity contribution in [2.45, 2.75) is 32.0 Å². The molecule has 1 rings (SSSR count). The second-order valence-corrected chi connectivity index (χ2v) is 4.61. The molecule has 0 aliphatic rings. The number of nitrogens with two attached hydrogens (primary N) is 1. The second-order valence-electron chi connectivity index (χ2n) is 4.61. The molecule has 0 aliphatic carbocycles. The summed E-state index contributed by atoms with van der Waals surface area (Å²) in [5.74, 6) is -0.257. The Labute approximate surface area is 102 Å². The third-order valence-electron chi connectivity index (χ3n) is 2.75. The lowest BCUT2D eigenvalue weighted by molar-refractivity contribution is 0.108. The Morgan fingerprint density at radius 3 is 2.41 bits per heavy atom. The highest BCUT2D eigenvalue weighted by atomic mass is 19.1. The van der Waals surface area contributed by atoms with Crippen molar-refractivity contribution in [1.82, 2.24) is 4.90 Å². The number of likely N-dealkylation sites (N-methyl/N-ethyl adjacent to an activating group) is 1. The number of benzene rings is 1. The van der Waals surface area contributed by atoms with Crippen molar-refractivity contribution in [2.75, 3.05) is 13.6 Å². The number of aliphatic hydroxyl groups is 1. The Morgan fingerprint density at radius 1 is 1.35 bits per heavy atom. The van der Waals surface area contributed by atoms with Gasteiger partial charge in [0.2, 0.25) is 0 Å². The first-order valence-corrected chi connectivity index (χ1v) is 5.81. The molecule has 96 valence electrons. The molecule has 0 aromatic heterocycles. The van der Waals surface area contributed by atoms with Crippen LogP contribution in [-0.4, -0.2) is 35.7 Å². The third kappa shape index (κ3) is 3.77. The number of hydrogen-bond acceptors (Lipinski definition) is 3. The van der Waals surface area contributed by atoms with Gasteiger partial charge < -0.3 is 10.8 Å².